The van der Waals surface area contributed by atoms with E-state index in [9.17, 15) is 0 Å². The van der Waals surface area contributed by atoms with E-state index < -0.39 is 0 Å². The number of para-hydroxylation sites is 3. The van der Waals surface area contributed by atoms with Crippen LogP contribution in [0.25, 0.3) is 94.0 Å². The SMILES string of the molecule is Cc1cc(C(C)C)c(-n2c(-c3[c-]ccc4c3oc3c4ccc4c3ccc3c5ccccc5oc34)nc3ccccc32)c(C(C)C)c1.[Ir].[c-]1ccccc1-c1ccccn1. The van der Waals surface area contributed by atoms with E-state index in [1.54, 1.807) is 6.20 Å². The average molecular weight is 944 g/mol. The Kier molecular flexibility index (Phi) is 10.0. The summed E-state index contributed by atoms with van der Waals surface area (Å²) in [6, 6.07) is 54.4. The van der Waals surface area contributed by atoms with Gasteiger partial charge in [0.25, 0.3) is 0 Å². The normalized spacial score (nSPS) is 11.6. The van der Waals surface area contributed by atoms with Gasteiger partial charge in [0, 0.05) is 58.9 Å². The topological polar surface area (TPSA) is 57.0 Å². The molecule has 4 heterocycles. The van der Waals surface area contributed by atoms with E-state index in [0.717, 1.165) is 88.3 Å². The molecule has 291 valence electrons. The number of furan rings is 2. The first-order chi connectivity index (χ1) is 28.4. The fraction of sp³-hybridized carbons (Fsp3) is 0.132. The van der Waals surface area contributed by atoms with Crippen molar-refractivity contribution >= 4 is 65.7 Å². The van der Waals surface area contributed by atoms with Crippen molar-refractivity contribution in [3.05, 3.63) is 175 Å². The summed E-state index contributed by atoms with van der Waals surface area (Å²) in [5.74, 6) is 1.49. The molecular formula is C53H41IrN3O2-2. The number of benzene rings is 7. The average Bonchev–Trinajstić information content (AvgIpc) is 3.96. The van der Waals surface area contributed by atoms with Crippen LogP contribution in [0.15, 0.2) is 155 Å². The Bertz CT molecular complexity index is 3240. The fourth-order valence-electron chi connectivity index (χ4n) is 8.42. The molecule has 11 aromatic rings. The molecule has 0 fully saturated rings. The van der Waals surface area contributed by atoms with Crippen LogP contribution in [0.5, 0.6) is 0 Å². The van der Waals surface area contributed by atoms with Crippen LogP contribution in [0, 0.1) is 19.1 Å². The maximum atomic E-state index is 6.91. The first kappa shape index (κ1) is 38.2. The molecule has 0 unspecified atom stereocenters. The molecule has 0 aliphatic heterocycles. The van der Waals surface area contributed by atoms with Gasteiger partial charge >= 0.3 is 0 Å². The van der Waals surface area contributed by atoms with Gasteiger partial charge in [0.15, 0.2) is 0 Å². The standard InChI is InChI=1S/C42H33N2O2.C11H8N.Ir/c1-23(2)33-21-25(5)22-34(24(3)4)38(33)44-36-15-8-7-14-35(36)43-42(44)32-13-10-12-27-29-19-20-30-31(40(29)46-41(27)32)18-17-28-26-11-6-9-16-37(26)45-39(28)30;1-2-6-10(7-3-1)11-8-4-5-9-12-11;/h6-12,14-24H,1-5H3;1-6,8-9H;/q2*-1;. The van der Waals surface area contributed by atoms with E-state index in [-0.39, 0.29) is 20.1 Å². The molecule has 7 aromatic carbocycles. The molecule has 5 nitrogen and oxygen atoms in total. The van der Waals surface area contributed by atoms with Crippen LogP contribution in [-0.2, 0) is 20.1 Å². The summed E-state index contributed by atoms with van der Waals surface area (Å²) < 4.78 is 15.7. The van der Waals surface area contributed by atoms with E-state index in [2.05, 4.69) is 135 Å². The zero-order valence-corrected chi connectivity index (χ0v) is 35.9. The van der Waals surface area contributed by atoms with Gasteiger partial charge < -0.3 is 18.4 Å². The van der Waals surface area contributed by atoms with Crippen LogP contribution in [0.1, 0.15) is 56.2 Å². The number of fused-ring (bicyclic) bond motifs is 10. The van der Waals surface area contributed by atoms with Crippen molar-refractivity contribution in [2.75, 3.05) is 0 Å². The van der Waals surface area contributed by atoms with E-state index in [1.165, 1.54) is 22.4 Å². The van der Waals surface area contributed by atoms with Gasteiger partial charge in [-0.1, -0.05) is 105 Å². The van der Waals surface area contributed by atoms with Crippen molar-refractivity contribution in [2.45, 2.75) is 46.5 Å². The van der Waals surface area contributed by atoms with Gasteiger partial charge in [0.2, 0.25) is 0 Å². The Morgan fingerprint density at radius 3 is 1.88 bits per heavy atom. The van der Waals surface area contributed by atoms with Gasteiger partial charge in [-0.25, -0.2) is 0 Å². The predicted octanol–water partition coefficient (Wildman–Crippen LogP) is 14.5. The summed E-state index contributed by atoms with van der Waals surface area (Å²) in [5, 5.41) is 6.42. The fourth-order valence-corrected chi connectivity index (χ4v) is 8.42. The maximum absolute atomic E-state index is 6.91. The molecule has 0 spiro atoms. The summed E-state index contributed by atoms with van der Waals surface area (Å²) in [6.07, 6.45) is 1.79. The van der Waals surface area contributed by atoms with Crippen molar-refractivity contribution < 1.29 is 28.9 Å². The Labute approximate surface area is 356 Å². The number of nitrogens with zero attached hydrogens (tertiary/aromatic N) is 3. The van der Waals surface area contributed by atoms with Crippen LogP contribution < -0.4 is 0 Å². The van der Waals surface area contributed by atoms with Gasteiger partial charge in [-0.05, 0) is 78.0 Å². The van der Waals surface area contributed by atoms with Crippen LogP contribution in [0.3, 0.4) is 0 Å². The van der Waals surface area contributed by atoms with Crippen LogP contribution >= 0.6 is 0 Å². The first-order valence-electron chi connectivity index (χ1n) is 20.0. The zero-order chi connectivity index (χ0) is 39.5. The molecule has 4 aromatic heterocycles. The monoisotopic (exact) mass is 944 g/mol. The van der Waals surface area contributed by atoms with Gasteiger partial charge in [0.1, 0.15) is 16.7 Å². The summed E-state index contributed by atoms with van der Waals surface area (Å²) in [5.41, 5.74) is 13.4. The molecule has 11 rings (SSSR count). The minimum atomic E-state index is 0. The number of hydrogen-bond donors (Lipinski definition) is 0. The Hall–Kier alpha value is -6.33. The third-order valence-electron chi connectivity index (χ3n) is 11.2. The van der Waals surface area contributed by atoms with Crippen molar-refractivity contribution in [1.82, 2.24) is 14.5 Å². The Morgan fingerprint density at radius 1 is 0.576 bits per heavy atom. The predicted molar refractivity (Wildman–Crippen MR) is 239 cm³/mol. The minimum absolute atomic E-state index is 0. The second-order valence-corrected chi connectivity index (χ2v) is 15.6. The number of rotatable bonds is 5. The molecule has 1 radical (unpaired) electrons. The third-order valence-corrected chi connectivity index (χ3v) is 11.2. The second-order valence-electron chi connectivity index (χ2n) is 15.6. The molecule has 0 atom stereocenters. The number of aryl methyl sites for hydroxylation is 1. The van der Waals surface area contributed by atoms with Gasteiger partial charge in [-0.15, -0.1) is 54.1 Å². The summed E-state index contributed by atoms with van der Waals surface area (Å²) in [7, 11) is 0. The van der Waals surface area contributed by atoms with Crippen molar-refractivity contribution in [2.24, 2.45) is 0 Å². The van der Waals surface area contributed by atoms with Gasteiger partial charge in [-0.2, -0.15) is 0 Å². The number of pyridine rings is 1. The molecule has 0 N–H and O–H groups in total. The molecular weight excluding hydrogens is 903 g/mol. The number of aromatic nitrogens is 3. The largest absolute Gasteiger partial charge is 0.500 e. The molecule has 0 saturated heterocycles. The van der Waals surface area contributed by atoms with Crippen LogP contribution in [0.2, 0.25) is 0 Å². The van der Waals surface area contributed by atoms with E-state index in [4.69, 9.17) is 13.8 Å². The van der Waals surface area contributed by atoms with Crippen LogP contribution in [0.4, 0.5) is 0 Å². The van der Waals surface area contributed by atoms with Gasteiger partial charge in [-0.3, -0.25) is 4.98 Å². The molecule has 6 heteroatoms. The summed E-state index contributed by atoms with van der Waals surface area (Å²) in [4.78, 5) is 9.50. The number of hydrogen-bond acceptors (Lipinski definition) is 4. The minimum Gasteiger partial charge on any atom is -0.500 e. The van der Waals surface area contributed by atoms with Crippen molar-refractivity contribution in [1.29, 1.82) is 0 Å². The molecule has 0 amide bonds. The molecule has 59 heavy (non-hydrogen) atoms. The van der Waals surface area contributed by atoms with Crippen molar-refractivity contribution in [3.8, 4) is 28.3 Å². The van der Waals surface area contributed by atoms with E-state index >= 15 is 0 Å². The van der Waals surface area contributed by atoms with Gasteiger partial charge in [0.05, 0.1) is 22.4 Å². The van der Waals surface area contributed by atoms with Crippen LogP contribution in [-0.4, -0.2) is 14.5 Å². The zero-order valence-electron chi connectivity index (χ0n) is 33.5. The third kappa shape index (κ3) is 6.53. The molecule has 0 aliphatic rings. The van der Waals surface area contributed by atoms with Crippen molar-refractivity contribution in [3.63, 3.8) is 0 Å². The first-order valence-corrected chi connectivity index (χ1v) is 20.0. The Balaban J connectivity index is 0.000000297. The summed E-state index contributed by atoms with van der Waals surface area (Å²) >= 11 is 0. The Morgan fingerprint density at radius 2 is 1.20 bits per heavy atom. The number of imidazole rings is 1. The summed E-state index contributed by atoms with van der Waals surface area (Å²) in [6.45, 7) is 11.3. The van der Waals surface area contributed by atoms with E-state index in [1.807, 2.05) is 60.7 Å². The second kappa shape index (κ2) is 15.4. The molecule has 0 aliphatic carbocycles. The maximum Gasteiger partial charge on any atom is 0.143 e. The van der Waals surface area contributed by atoms with E-state index in [0.29, 0.717) is 11.8 Å². The quantitative estimate of drug-likeness (QED) is 0.161. The molecule has 0 saturated carbocycles. The smallest absolute Gasteiger partial charge is 0.143 e. The molecule has 0 bridgehead atoms.